The fourth-order valence-electron chi connectivity index (χ4n) is 2.83. The molecule has 0 radical (unpaired) electrons. The molecule has 1 N–H and O–H groups in total. The van der Waals surface area contributed by atoms with Gasteiger partial charge in [0.25, 0.3) is 0 Å². The molecule has 0 fully saturated rings. The summed E-state index contributed by atoms with van der Waals surface area (Å²) in [6.07, 6.45) is 10.4. The van der Waals surface area contributed by atoms with Crippen LogP contribution in [0, 0.1) is 0 Å². The standard InChI is InChI=1S/C15H24ClN3/c1-3-17-14(10-12-8-6-5-7-9-12)15-13(16)11-18-19(15)4-2/h8,11,14,17H,3-7,9-10H2,1-2H3. The van der Waals surface area contributed by atoms with Crippen molar-refractivity contribution in [3.63, 3.8) is 0 Å². The van der Waals surface area contributed by atoms with Crippen molar-refractivity contribution in [3.8, 4) is 0 Å². The summed E-state index contributed by atoms with van der Waals surface area (Å²) in [5, 5.41) is 8.70. The first kappa shape index (κ1) is 14.6. The molecule has 1 aliphatic rings. The molecule has 0 aliphatic heterocycles. The number of nitrogens with one attached hydrogen (secondary N) is 1. The van der Waals surface area contributed by atoms with Crippen molar-refractivity contribution in [1.82, 2.24) is 15.1 Å². The van der Waals surface area contributed by atoms with Crippen molar-refractivity contribution < 1.29 is 0 Å². The predicted octanol–water partition coefficient (Wildman–Crippen LogP) is 4.10. The van der Waals surface area contributed by atoms with E-state index in [-0.39, 0.29) is 6.04 Å². The van der Waals surface area contributed by atoms with E-state index in [2.05, 4.69) is 30.3 Å². The molecule has 0 amide bonds. The van der Waals surface area contributed by atoms with Crippen LogP contribution in [-0.2, 0) is 6.54 Å². The summed E-state index contributed by atoms with van der Waals surface area (Å²) < 4.78 is 2.01. The minimum atomic E-state index is 0.282. The molecule has 1 atom stereocenters. The van der Waals surface area contributed by atoms with Crippen LogP contribution in [0.3, 0.4) is 0 Å². The summed E-state index contributed by atoms with van der Waals surface area (Å²) in [5.74, 6) is 0. The zero-order chi connectivity index (χ0) is 13.7. The minimum absolute atomic E-state index is 0.282. The largest absolute Gasteiger partial charge is 0.309 e. The molecule has 0 aromatic carbocycles. The van der Waals surface area contributed by atoms with Gasteiger partial charge in [-0.25, -0.2) is 0 Å². The highest BCUT2D eigenvalue weighted by molar-refractivity contribution is 6.31. The van der Waals surface area contributed by atoms with Gasteiger partial charge in [-0.05, 0) is 45.6 Å². The number of hydrogen-bond donors (Lipinski definition) is 1. The van der Waals surface area contributed by atoms with Crippen molar-refractivity contribution in [2.75, 3.05) is 6.54 Å². The summed E-state index contributed by atoms with van der Waals surface area (Å²) in [6.45, 7) is 6.06. The molecule has 1 unspecified atom stereocenters. The van der Waals surface area contributed by atoms with Gasteiger partial charge in [0.05, 0.1) is 23.0 Å². The Kier molecular flexibility index (Phi) is 5.46. The van der Waals surface area contributed by atoms with Gasteiger partial charge in [0.15, 0.2) is 0 Å². The van der Waals surface area contributed by atoms with Crippen molar-refractivity contribution >= 4 is 11.6 Å². The number of hydrogen-bond acceptors (Lipinski definition) is 2. The van der Waals surface area contributed by atoms with E-state index >= 15 is 0 Å². The Hall–Kier alpha value is -0.800. The van der Waals surface area contributed by atoms with Crippen molar-refractivity contribution in [2.24, 2.45) is 0 Å². The summed E-state index contributed by atoms with van der Waals surface area (Å²) in [5.41, 5.74) is 2.70. The van der Waals surface area contributed by atoms with Crippen LogP contribution in [0.1, 0.15) is 57.7 Å². The molecule has 4 heteroatoms. The van der Waals surface area contributed by atoms with Gasteiger partial charge in [-0.3, -0.25) is 4.68 Å². The number of aryl methyl sites for hydroxylation is 1. The van der Waals surface area contributed by atoms with E-state index in [0.717, 1.165) is 30.2 Å². The van der Waals surface area contributed by atoms with Gasteiger partial charge in [-0.2, -0.15) is 5.10 Å². The molecule has 0 saturated heterocycles. The van der Waals surface area contributed by atoms with Crippen LogP contribution in [0.15, 0.2) is 17.8 Å². The molecule has 2 rings (SSSR count). The van der Waals surface area contributed by atoms with Crippen molar-refractivity contribution in [3.05, 3.63) is 28.6 Å². The molecule has 1 aromatic heterocycles. The lowest BCUT2D eigenvalue weighted by atomic mass is 9.93. The van der Waals surface area contributed by atoms with E-state index in [1.165, 1.54) is 25.7 Å². The fraction of sp³-hybridized carbons (Fsp3) is 0.667. The molecule has 3 nitrogen and oxygen atoms in total. The summed E-state index contributed by atoms with van der Waals surface area (Å²) in [4.78, 5) is 0. The average molecular weight is 282 g/mol. The van der Waals surface area contributed by atoms with Crippen LogP contribution in [-0.4, -0.2) is 16.3 Å². The first-order valence-corrected chi connectivity index (χ1v) is 7.76. The summed E-state index contributed by atoms with van der Waals surface area (Å²) in [6, 6.07) is 0.282. The van der Waals surface area contributed by atoms with Crippen molar-refractivity contribution in [1.29, 1.82) is 0 Å². The summed E-state index contributed by atoms with van der Waals surface area (Å²) >= 11 is 6.33. The van der Waals surface area contributed by atoms with Crippen LogP contribution in [0.2, 0.25) is 5.02 Å². The number of allylic oxidation sites excluding steroid dienone is 1. The molecular formula is C15H24ClN3. The van der Waals surface area contributed by atoms with E-state index in [0.29, 0.717) is 0 Å². The Morgan fingerprint density at radius 2 is 2.26 bits per heavy atom. The average Bonchev–Trinajstić information content (AvgIpc) is 2.80. The quantitative estimate of drug-likeness (QED) is 0.796. The maximum Gasteiger partial charge on any atom is 0.0834 e. The highest BCUT2D eigenvalue weighted by atomic mass is 35.5. The molecule has 0 saturated carbocycles. The van der Waals surface area contributed by atoms with Crippen LogP contribution >= 0.6 is 11.6 Å². The number of nitrogens with zero attached hydrogens (tertiary/aromatic N) is 2. The van der Waals surface area contributed by atoms with Gasteiger partial charge < -0.3 is 5.32 Å². The minimum Gasteiger partial charge on any atom is -0.309 e. The van der Waals surface area contributed by atoms with Gasteiger partial charge in [0, 0.05) is 6.54 Å². The van der Waals surface area contributed by atoms with Gasteiger partial charge in [0.2, 0.25) is 0 Å². The highest BCUT2D eigenvalue weighted by Crippen LogP contribution is 2.31. The van der Waals surface area contributed by atoms with Crippen LogP contribution in [0.4, 0.5) is 0 Å². The zero-order valence-corrected chi connectivity index (χ0v) is 12.7. The van der Waals surface area contributed by atoms with Gasteiger partial charge in [-0.1, -0.05) is 30.2 Å². The van der Waals surface area contributed by atoms with Crippen molar-refractivity contribution in [2.45, 2.75) is 58.5 Å². The van der Waals surface area contributed by atoms with Crippen LogP contribution in [0.5, 0.6) is 0 Å². The topological polar surface area (TPSA) is 29.9 Å². The number of aromatic nitrogens is 2. The molecule has 0 spiro atoms. The molecule has 1 aromatic rings. The first-order valence-electron chi connectivity index (χ1n) is 7.38. The predicted molar refractivity (Wildman–Crippen MR) is 80.5 cm³/mol. The van der Waals surface area contributed by atoms with Gasteiger partial charge >= 0.3 is 0 Å². The summed E-state index contributed by atoms with van der Waals surface area (Å²) in [7, 11) is 0. The Morgan fingerprint density at radius 3 is 2.89 bits per heavy atom. The van der Waals surface area contributed by atoms with E-state index in [1.807, 2.05) is 4.68 Å². The van der Waals surface area contributed by atoms with Gasteiger partial charge in [0.1, 0.15) is 0 Å². The SMILES string of the molecule is CCNC(CC1=CCCCC1)c1c(Cl)cnn1CC. The third kappa shape index (κ3) is 3.61. The van der Waals surface area contributed by atoms with E-state index in [4.69, 9.17) is 11.6 Å². The lowest BCUT2D eigenvalue weighted by molar-refractivity contribution is 0.479. The molecular weight excluding hydrogens is 258 g/mol. The lowest BCUT2D eigenvalue weighted by Crippen LogP contribution is -2.25. The van der Waals surface area contributed by atoms with E-state index < -0.39 is 0 Å². The second kappa shape index (κ2) is 7.11. The normalized spacial score (nSPS) is 17.3. The Labute approximate surface area is 121 Å². The lowest BCUT2D eigenvalue weighted by Gasteiger charge is -2.22. The molecule has 19 heavy (non-hydrogen) atoms. The number of rotatable bonds is 6. The van der Waals surface area contributed by atoms with Crippen LogP contribution in [0.25, 0.3) is 0 Å². The third-order valence-corrected chi connectivity index (χ3v) is 4.06. The van der Waals surface area contributed by atoms with E-state index in [9.17, 15) is 0 Å². The molecule has 1 heterocycles. The highest BCUT2D eigenvalue weighted by Gasteiger charge is 2.20. The Bertz CT molecular complexity index is 437. The number of halogens is 1. The Morgan fingerprint density at radius 1 is 1.42 bits per heavy atom. The second-order valence-corrected chi connectivity index (χ2v) is 5.52. The van der Waals surface area contributed by atoms with E-state index in [1.54, 1.807) is 11.8 Å². The maximum absolute atomic E-state index is 6.33. The smallest absolute Gasteiger partial charge is 0.0834 e. The van der Waals surface area contributed by atoms with Gasteiger partial charge in [-0.15, -0.1) is 0 Å². The first-order chi connectivity index (χ1) is 9.26. The zero-order valence-electron chi connectivity index (χ0n) is 12.0. The second-order valence-electron chi connectivity index (χ2n) is 5.12. The Balaban J connectivity index is 2.18. The van der Waals surface area contributed by atoms with Crippen LogP contribution < -0.4 is 5.32 Å². The maximum atomic E-state index is 6.33. The molecule has 0 bridgehead atoms. The third-order valence-electron chi connectivity index (χ3n) is 3.76. The molecule has 1 aliphatic carbocycles. The molecule has 106 valence electrons. The fourth-order valence-corrected chi connectivity index (χ4v) is 3.11. The monoisotopic (exact) mass is 281 g/mol.